The van der Waals surface area contributed by atoms with E-state index >= 15 is 0 Å². The van der Waals surface area contributed by atoms with Crippen molar-refractivity contribution in [3.05, 3.63) is 47.1 Å². The van der Waals surface area contributed by atoms with Gasteiger partial charge < -0.3 is 9.72 Å². The largest absolute Gasteiger partial charge is 0.444 e. The molecule has 2 N–H and O–H groups in total. The number of aromatic nitrogens is 2. The van der Waals surface area contributed by atoms with E-state index in [1.165, 1.54) is 12.5 Å². The van der Waals surface area contributed by atoms with Crippen molar-refractivity contribution in [2.24, 2.45) is 0 Å². The number of carbonyl (C=O) groups is 1. The van der Waals surface area contributed by atoms with Gasteiger partial charge in [0.2, 0.25) is 0 Å². The number of rotatable bonds is 2. The van der Waals surface area contributed by atoms with Crippen molar-refractivity contribution in [3.63, 3.8) is 0 Å². The number of H-pyrrole nitrogens is 1. The van der Waals surface area contributed by atoms with Crippen LogP contribution in [0.3, 0.4) is 0 Å². The Hall–Kier alpha value is -2.63. The predicted octanol–water partition coefficient (Wildman–Crippen LogP) is 2.78. The Kier molecular flexibility index (Phi) is 4.07. The number of carbonyl (C=O) groups excluding carboxylic acids is 1. The van der Waals surface area contributed by atoms with Crippen molar-refractivity contribution in [2.75, 3.05) is 5.32 Å². The van der Waals surface area contributed by atoms with Crippen molar-refractivity contribution in [2.45, 2.75) is 26.4 Å². The Morgan fingerprint density at radius 3 is 2.76 bits per heavy atom. The SMILES string of the molecule is CC(C)(C)OC(=O)Nc1cccc(-c2cnc[nH]c2=O)c1. The third-order valence-corrected chi connectivity index (χ3v) is 2.54. The Labute approximate surface area is 122 Å². The number of amides is 1. The zero-order chi connectivity index (χ0) is 15.5. The Balaban J connectivity index is 2.21. The summed E-state index contributed by atoms with van der Waals surface area (Å²) in [5.74, 6) is 0. The Morgan fingerprint density at radius 1 is 1.33 bits per heavy atom. The fourth-order valence-electron chi connectivity index (χ4n) is 1.74. The van der Waals surface area contributed by atoms with Gasteiger partial charge >= 0.3 is 6.09 Å². The molecule has 2 aromatic rings. The minimum Gasteiger partial charge on any atom is -0.444 e. The molecule has 110 valence electrons. The molecule has 0 aliphatic rings. The maximum absolute atomic E-state index is 11.7. The number of aromatic amines is 1. The molecule has 1 aromatic carbocycles. The van der Waals surface area contributed by atoms with Crippen LogP contribution in [0.2, 0.25) is 0 Å². The fourth-order valence-corrected chi connectivity index (χ4v) is 1.74. The predicted molar refractivity (Wildman–Crippen MR) is 80.2 cm³/mol. The third kappa shape index (κ3) is 4.17. The standard InChI is InChI=1S/C15H17N3O3/c1-15(2,3)21-14(20)18-11-6-4-5-10(7-11)12-8-16-9-17-13(12)19/h4-9H,1-3H3,(H,18,20)(H,16,17,19). The molecule has 0 saturated heterocycles. The van der Waals surface area contributed by atoms with Crippen LogP contribution in [-0.2, 0) is 4.74 Å². The van der Waals surface area contributed by atoms with Crippen LogP contribution >= 0.6 is 0 Å². The zero-order valence-corrected chi connectivity index (χ0v) is 12.1. The summed E-state index contributed by atoms with van der Waals surface area (Å²) < 4.78 is 5.18. The topological polar surface area (TPSA) is 84.1 Å². The van der Waals surface area contributed by atoms with E-state index in [-0.39, 0.29) is 5.56 Å². The molecule has 0 aliphatic carbocycles. The summed E-state index contributed by atoms with van der Waals surface area (Å²) in [6.45, 7) is 5.37. The second-order valence-corrected chi connectivity index (χ2v) is 5.50. The van der Waals surface area contributed by atoms with Crippen LogP contribution in [0.4, 0.5) is 10.5 Å². The van der Waals surface area contributed by atoms with E-state index < -0.39 is 11.7 Å². The van der Waals surface area contributed by atoms with Crippen LogP contribution in [0.15, 0.2) is 41.6 Å². The molecule has 0 spiro atoms. The summed E-state index contributed by atoms with van der Waals surface area (Å²) in [6.07, 6.45) is 2.26. The number of hydrogen-bond donors (Lipinski definition) is 2. The summed E-state index contributed by atoms with van der Waals surface area (Å²) in [4.78, 5) is 29.9. The van der Waals surface area contributed by atoms with E-state index in [4.69, 9.17) is 4.74 Å². The molecular formula is C15H17N3O3. The van der Waals surface area contributed by atoms with Gasteiger partial charge in [0.05, 0.1) is 11.9 Å². The lowest BCUT2D eigenvalue weighted by Gasteiger charge is -2.19. The van der Waals surface area contributed by atoms with Crippen molar-refractivity contribution in [1.29, 1.82) is 0 Å². The monoisotopic (exact) mass is 287 g/mol. The van der Waals surface area contributed by atoms with Gasteiger partial charge in [-0.1, -0.05) is 12.1 Å². The highest BCUT2D eigenvalue weighted by Gasteiger charge is 2.16. The number of hydrogen-bond acceptors (Lipinski definition) is 4. The second kappa shape index (κ2) is 5.78. The lowest BCUT2D eigenvalue weighted by atomic mass is 10.1. The quantitative estimate of drug-likeness (QED) is 0.889. The molecule has 6 nitrogen and oxygen atoms in total. The molecule has 1 heterocycles. The van der Waals surface area contributed by atoms with E-state index in [9.17, 15) is 9.59 Å². The summed E-state index contributed by atoms with van der Waals surface area (Å²) in [5, 5.41) is 2.63. The van der Waals surface area contributed by atoms with Gasteiger partial charge in [0.1, 0.15) is 5.60 Å². The smallest absolute Gasteiger partial charge is 0.412 e. The van der Waals surface area contributed by atoms with Gasteiger partial charge in [0, 0.05) is 11.9 Å². The first-order valence-corrected chi connectivity index (χ1v) is 6.48. The molecular weight excluding hydrogens is 270 g/mol. The molecule has 21 heavy (non-hydrogen) atoms. The van der Waals surface area contributed by atoms with E-state index in [0.29, 0.717) is 16.8 Å². The Morgan fingerprint density at radius 2 is 2.10 bits per heavy atom. The number of ether oxygens (including phenoxy) is 1. The molecule has 2 rings (SSSR count). The summed E-state index contributed by atoms with van der Waals surface area (Å²) in [7, 11) is 0. The first-order chi connectivity index (χ1) is 9.85. The van der Waals surface area contributed by atoms with Crippen molar-refractivity contribution in [1.82, 2.24) is 9.97 Å². The molecule has 0 saturated carbocycles. The van der Waals surface area contributed by atoms with Gasteiger partial charge in [-0.05, 0) is 38.5 Å². The van der Waals surface area contributed by atoms with Gasteiger partial charge in [-0.3, -0.25) is 10.1 Å². The van der Waals surface area contributed by atoms with Crippen LogP contribution in [-0.4, -0.2) is 21.7 Å². The Bertz CT molecular complexity index is 702. The minimum atomic E-state index is -0.567. The summed E-state index contributed by atoms with van der Waals surface area (Å²) in [6, 6.07) is 6.93. The van der Waals surface area contributed by atoms with Crippen molar-refractivity contribution >= 4 is 11.8 Å². The second-order valence-electron chi connectivity index (χ2n) is 5.50. The summed E-state index contributed by atoms with van der Waals surface area (Å²) >= 11 is 0. The van der Waals surface area contributed by atoms with Gasteiger partial charge in [0.15, 0.2) is 0 Å². The number of benzene rings is 1. The van der Waals surface area contributed by atoms with E-state index in [1.54, 1.807) is 45.0 Å². The van der Waals surface area contributed by atoms with Crippen molar-refractivity contribution < 1.29 is 9.53 Å². The van der Waals surface area contributed by atoms with Gasteiger partial charge in [-0.2, -0.15) is 0 Å². The first kappa shape index (κ1) is 14.8. The first-order valence-electron chi connectivity index (χ1n) is 6.48. The molecule has 0 atom stereocenters. The highest BCUT2D eigenvalue weighted by molar-refractivity contribution is 5.86. The van der Waals surface area contributed by atoms with Crippen LogP contribution in [0.5, 0.6) is 0 Å². The maximum atomic E-state index is 11.7. The van der Waals surface area contributed by atoms with E-state index in [2.05, 4.69) is 15.3 Å². The average molecular weight is 287 g/mol. The lowest BCUT2D eigenvalue weighted by molar-refractivity contribution is 0.0636. The van der Waals surface area contributed by atoms with Crippen molar-refractivity contribution in [3.8, 4) is 11.1 Å². The normalized spacial score (nSPS) is 11.0. The maximum Gasteiger partial charge on any atom is 0.412 e. The molecule has 0 aliphatic heterocycles. The lowest BCUT2D eigenvalue weighted by Crippen LogP contribution is -2.27. The summed E-state index contributed by atoms with van der Waals surface area (Å²) in [5.41, 5.74) is 0.843. The van der Waals surface area contributed by atoms with E-state index in [1.807, 2.05) is 0 Å². The molecule has 1 amide bonds. The van der Waals surface area contributed by atoms with Crippen LogP contribution in [0, 0.1) is 0 Å². The molecule has 1 aromatic heterocycles. The van der Waals surface area contributed by atoms with Gasteiger partial charge in [0.25, 0.3) is 5.56 Å². The molecule has 6 heteroatoms. The zero-order valence-electron chi connectivity index (χ0n) is 12.1. The number of anilines is 1. The van der Waals surface area contributed by atoms with Gasteiger partial charge in [-0.15, -0.1) is 0 Å². The third-order valence-electron chi connectivity index (χ3n) is 2.54. The molecule has 0 fully saturated rings. The molecule has 0 bridgehead atoms. The van der Waals surface area contributed by atoms with Crippen LogP contribution < -0.4 is 10.9 Å². The highest BCUT2D eigenvalue weighted by Crippen LogP contribution is 2.19. The fraction of sp³-hybridized carbons (Fsp3) is 0.267. The van der Waals surface area contributed by atoms with E-state index in [0.717, 1.165) is 0 Å². The van der Waals surface area contributed by atoms with Gasteiger partial charge in [-0.25, -0.2) is 9.78 Å². The molecule has 0 unspecified atom stereocenters. The van der Waals surface area contributed by atoms with Crippen LogP contribution in [0.1, 0.15) is 20.8 Å². The highest BCUT2D eigenvalue weighted by atomic mass is 16.6. The minimum absolute atomic E-state index is 0.237. The number of nitrogens with zero attached hydrogens (tertiary/aromatic N) is 1. The average Bonchev–Trinajstić information content (AvgIpc) is 2.37. The van der Waals surface area contributed by atoms with Crippen LogP contribution in [0.25, 0.3) is 11.1 Å². The number of nitrogens with one attached hydrogen (secondary N) is 2. The molecule has 0 radical (unpaired) electrons.